The highest BCUT2D eigenvalue weighted by Gasteiger charge is 2.65. The summed E-state index contributed by atoms with van der Waals surface area (Å²) in [7, 11) is 0. The Morgan fingerprint density at radius 1 is 1.14 bits per heavy atom. The van der Waals surface area contributed by atoms with Crippen molar-refractivity contribution < 1.29 is 36.6 Å². The van der Waals surface area contributed by atoms with E-state index < -0.39 is 36.4 Å². The number of benzene rings is 1. The molecule has 1 aromatic rings. The van der Waals surface area contributed by atoms with Crippen molar-refractivity contribution in [2.75, 3.05) is 11.4 Å². The van der Waals surface area contributed by atoms with Gasteiger partial charge in [0.15, 0.2) is 0 Å². The Hall–Kier alpha value is -2.19. The molecule has 0 spiro atoms. The summed E-state index contributed by atoms with van der Waals surface area (Å²) < 4.78 is 63.0. The van der Waals surface area contributed by atoms with Crippen LogP contribution in [-0.4, -0.2) is 35.6 Å². The van der Waals surface area contributed by atoms with E-state index >= 15 is 0 Å². The maximum Gasteiger partial charge on any atom is 0.463 e. The molecule has 2 rings (SSSR count). The molecule has 0 saturated carbocycles. The molecule has 9 heteroatoms. The molecular formula is C12H8F5NO3. The third-order valence-corrected chi connectivity index (χ3v) is 3.14. The van der Waals surface area contributed by atoms with Crippen molar-refractivity contribution in [2.45, 2.75) is 18.0 Å². The molecule has 1 heterocycles. The number of fused-ring (bicyclic) bond motifs is 1. The van der Waals surface area contributed by atoms with E-state index in [-0.39, 0.29) is 16.2 Å². The fraction of sp³-hybridized carbons (Fsp3) is 0.333. The highest BCUT2D eigenvalue weighted by atomic mass is 19.4. The molecule has 0 radical (unpaired) electrons. The zero-order valence-electron chi connectivity index (χ0n) is 10.2. The Morgan fingerprint density at radius 3 is 2.24 bits per heavy atom. The van der Waals surface area contributed by atoms with Gasteiger partial charge in [0.2, 0.25) is 0 Å². The van der Waals surface area contributed by atoms with E-state index in [4.69, 9.17) is 5.11 Å². The molecule has 1 N–H and O–H groups in total. The summed E-state index contributed by atoms with van der Waals surface area (Å²) >= 11 is 0. The number of carboxylic acid groups (broad SMARTS) is 1. The zero-order valence-corrected chi connectivity index (χ0v) is 10.2. The lowest BCUT2D eigenvalue weighted by Crippen LogP contribution is -2.52. The van der Waals surface area contributed by atoms with Crippen molar-refractivity contribution in [1.29, 1.82) is 0 Å². The number of amides is 1. The Bertz CT molecular complexity index is 599. The molecule has 1 unspecified atom stereocenters. The van der Waals surface area contributed by atoms with E-state index in [2.05, 4.69) is 0 Å². The highest BCUT2D eigenvalue weighted by Crippen LogP contribution is 2.42. The standard InChI is InChI=1S/C12H8F5NO3/c13-11(14,12(15,16)17)10(21)18-5-7(9(19)20)6-3-1-2-4-8(6)18/h1-4,7H,5H2,(H,19,20). The van der Waals surface area contributed by atoms with Crippen LogP contribution in [0.5, 0.6) is 0 Å². The molecule has 0 aromatic heterocycles. The minimum Gasteiger partial charge on any atom is -0.481 e. The minimum atomic E-state index is -6.04. The number of alkyl halides is 5. The second kappa shape index (κ2) is 4.68. The third kappa shape index (κ3) is 2.32. The van der Waals surface area contributed by atoms with Gasteiger partial charge in [-0.05, 0) is 11.6 Å². The van der Waals surface area contributed by atoms with Crippen molar-refractivity contribution in [3.05, 3.63) is 29.8 Å². The first kappa shape index (κ1) is 15.2. The summed E-state index contributed by atoms with van der Waals surface area (Å²) in [6.45, 7) is -0.765. The molecule has 114 valence electrons. The highest BCUT2D eigenvalue weighted by molar-refractivity contribution is 6.03. The molecule has 1 aromatic carbocycles. The van der Waals surface area contributed by atoms with Crippen LogP contribution < -0.4 is 4.90 Å². The van der Waals surface area contributed by atoms with Crippen LogP contribution in [0.1, 0.15) is 11.5 Å². The quantitative estimate of drug-likeness (QED) is 0.854. The summed E-state index contributed by atoms with van der Waals surface area (Å²) in [6.07, 6.45) is -6.04. The van der Waals surface area contributed by atoms with Crippen LogP contribution in [0.15, 0.2) is 24.3 Å². The third-order valence-electron chi connectivity index (χ3n) is 3.14. The van der Waals surface area contributed by atoms with Crippen LogP contribution >= 0.6 is 0 Å². The first-order valence-electron chi connectivity index (χ1n) is 5.65. The van der Waals surface area contributed by atoms with E-state index in [9.17, 15) is 31.5 Å². The average molecular weight is 309 g/mol. The molecule has 4 nitrogen and oxygen atoms in total. The maximum atomic E-state index is 13.1. The van der Waals surface area contributed by atoms with Gasteiger partial charge in [0, 0.05) is 12.2 Å². The number of hydrogen-bond acceptors (Lipinski definition) is 2. The number of halogens is 5. The Labute approximate surface area is 114 Å². The lowest BCUT2D eigenvalue weighted by Gasteiger charge is -2.25. The van der Waals surface area contributed by atoms with E-state index in [1.807, 2.05) is 0 Å². The van der Waals surface area contributed by atoms with E-state index in [1.54, 1.807) is 0 Å². The Balaban J connectivity index is 2.44. The van der Waals surface area contributed by atoms with Crippen molar-refractivity contribution >= 4 is 17.6 Å². The van der Waals surface area contributed by atoms with Crippen molar-refractivity contribution in [3.8, 4) is 0 Å². The number of carbonyl (C=O) groups excluding carboxylic acids is 1. The van der Waals surface area contributed by atoms with Gasteiger partial charge < -0.3 is 10.0 Å². The predicted octanol–water partition coefficient (Wildman–Crippen LogP) is 2.40. The fourth-order valence-corrected chi connectivity index (χ4v) is 2.10. The molecule has 21 heavy (non-hydrogen) atoms. The molecule has 1 atom stereocenters. The number of rotatable bonds is 2. The van der Waals surface area contributed by atoms with E-state index in [0.29, 0.717) is 0 Å². The van der Waals surface area contributed by atoms with Gasteiger partial charge in [-0.3, -0.25) is 9.59 Å². The molecule has 1 amide bonds. The molecule has 0 aliphatic carbocycles. The van der Waals surface area contributed by atoms with Crippen molar-refractivity contribution in [3.63, 3.8) is 0 Å². The average Bonchev–Trinajstić information content (AvgIpc) is 2.76. The SMILES string of the molecule is O=C(O)C1CN(C(=O)C(F)(F)C(F)(F)F)c2ccccc21. The van der Waals surface area contributed by atoms with Gasteiger partial charge in [-0.15, -0.1) is 0 Å². The van der Waals surface area contributed by atoms with Gasteiger partial charge in [0.1, 0.15) is 5.92 Å². The fourth-order valence-electron chi connectivity index (χ4n) is 2.10. The van der Waals surface area contributed by atoms with E-state index in [0.717, 1.165) is 6.07 Å². The topological polar surface area (TPSA) is 57.6 Å². The second-order valence-corrected chi connectivity index (χ2v) is 4.44. The summed E-state index contributed by atoms with van der Waals surface area (Å²) in [5, 5.41) is 8.97. The number of para-hydroxylation sites is 1. The van der Waals surface area contributed by atoms with Crippen LogP contribution in [0.25, 0.3) is 0 Å². The van der Waals surface area contributed by atoms with Crippen LogP contribution in [0.2, 0.25) is 0 Å². The summed E-state index contributed by atoms with van der Waals surface area (Å²) in [6, 6.07) is 5.12. The number of hydrogen-bond donors (Lipinski definition) is 1. The van der Waals surface area contributed by atoms with Crippen LogP contribution in [0, 0.1) is 0 Å². The smallest absolute Gasteiger partial charge is 0.463 e. The van der Waals surface area contributed by atoms with Gasteiger partial charge >= 0.3 is 24.0 Å². The summed E-state index contributed by atoms with van der Waals surface area (Å²) in [5.41, 5.74) is -0.227. The molecule has 1 aliphatic rings. The predicted molar refractivity (Wildman–Crippen MR) is 60.2 cm³/mol. The van der Waals surface area contributed by atoms with Crippen LogP contribution in [0.3, 0.4) is 0 Å². The monoisotopic (exact) mass is 309 g/mol. The molecule has 0 saturated heterocycles. The molecule has 0 fully saturated rings. The molecule has 1 aliphatic heterocycles. The lowest BCUT2D eigenvalue weighted by molar-refractivity contribution is -0.268. The number of aliphatic carboxylic acids is 1. The van der Waals surface area contributed by atoms with Gasteiger partial charge in [-0.25, -0.2) is 0 Å². The first-order chi connectivity index (χ1) is 9.57. The van der Waals surface area contributed by atoms with Gasteiger partial charge in [0.25, 0.3) is 0 Å². The van der Waals surface area contributed by atoms with Crippen LogP contribution in [-0.2, 0) is 9.59 Å². The zero-order chi connectivity index (χ0) is 16.0. The van der Waals surface area contributed by atoms with Crippen molar-refractivity contribution in [2.24, 2.45) is 0 Å². The normalized spacial score (nSPS) is 18.5. The van der Waals surface area contributed by atoms with Gasteiger partial charge in [0.05, 0.1) is 0 Å². The molecular weight excluding hydrogens is 301 g/mol. The summed E-state index contributed by atoms with van der Waals surface area (Å²) in [5.74, 6) is -10.8. The Kier molecular flexibility index (Phi) is 3.38. The Morgan fingerprint density at radius 2 is 1.71 bits per heavy atom. The van der Waals surface area contributed by atoms with Gasteiger partial charge in [-0.1, -0.05) is 18.2 Å². The second-order valence-electron chi connectivity index (χ2n) is 4.44. The number of anilines is 1. The minimum absolute atomic E-state index is 0.0244. The number of carboxylic acids is 1. The maximum absolute atomic E-state index is 13.1. The van der Waals surface area contributed by atoms with E-state index in [1.165, 1.54) is 18.2 Å². The first-order valence-corrected chi connectivity index (χ1v) is 5.65. The van der Waals surface area contributed by atoms with Crippen LogP contribution in [0.4, 0.5) is 27.6 Å². The number of carbonyl (C=O) groups is 2. The lowest BCUT2D eigenvalue weighted by atomic mass is 10.0. The van der Waals surface area contributed by atoms with Gasteiger partial charge in [-0.2, -0.15) is 22.0 Å². The largest absolute Gasteiger partial charge is 0.481 e. The van der Waals surface area contributed by atoms with Crippen molar-refractivity contribution in [1.82, 2.24) is 0 Å². The number of nitrogens with zero attached hydrogens (tertiary/aromatic N) is 1. The molecule has 0 bridgehead atoms. The summed E-state index contributed by atoms with van der Waals surface area (Å²) in [4.78, 5) is 22.7.